The number of nitrogens with one attached hydrogen (secondary N) is 1. The van der Waals surface area contributed by atoms with E-state index in [2.05, 4.69) is 5.32 Å². The molecule has 0 unspecified atom stereocenters. The molecule has 0 heterocycles. The Bertz CT molecular complexity index is 931. The Hall–Kier alpha value is -2.58. The molecule has 0 saturated heterocycles. The molecule has 7 nitrogen and oxygen atoms in total. The predicted molar refractivity (Wildman–Crippen MR) is 114 cm³/mol. The number of hydrogen-bond donors (Lipinski definition) is 1. The van der Waals surface area contributed by atoms with Gasteiger partial charge >= 0.3 is 6.09 Å². The van der Waals surface area contributed by atoms with Crippen molar-refractivity contribution in [3.8, 4) is 5.75 Å². The van der Waals surface area contributed by atoms with Gasteiger partial charge in [-0.3, -0.25) is 4.18 Å². The van der Waals surface area contributed by atoms with E-state index in [0.29, 0.717) is 5.75 Å². The van der Waals surface area contributed by atoms with Crippen molar-refractivity contribution in [2.45, 2.75) is 50.7 Å². The summed E-state index contributed by atoms with van der Waals surface area (Å²) in [5, 5.41) is 2.59. The van der Waals surface area contributed by atoms with Gasteiger partial charge < -0.3 is 14.8 Å². The minimum Gasteiger partial charge on any atom is -0.497 e. The molecule has 0 spiro atoms. The number of aryl methyl sites for hydroxylation is 1. The number of benzene rings is 2. The molecule has 0 saturated carbocycles. The molecule has 1 amide bonds. The molecular weight excluding hydrogens is 406 g/mol. The highest BCUT2D eigenvalue weighted by molar-refractivity contribution is 7.86. The number of carbonyl (C=O) groups excluding carboxylic acids is 1. The van der Waals surface area contributed by atoms with Crippen molar-refractivity contribution in [1.82, 2.24) is 5.32 Å². The Kier molecular flexibility index (Phi) is 7.86. The minimum atomic E-state index is -4.01. The lowest BCUT2D eigenvalue weighted by Crippen LogP contribution is -2.39. The van der Waals surface area contributed by atoms with Gasteiger partial charge in [0.05, 0.1) is 18.1 Å². The van der Waals surface area contributed by atoms with Gasteiger partial charge in [0.25, 0.3) is 10.1 Å². The van der Waals surface area contributed by atoms with Crippen molar-refractivity contribution in [3.05, 3.63) is 59.7 Å². The molecule has 0 fully saturated rings. The third-order valence-electron chi connectivity index (χ3n) is 4.07. The van der Waals surface area contributed by atoms with E-state index in [1.807, 2.05) is 19.1 Å². The van der Waals surface area contributed by atoms with Crippen molar-refractivity contribution >= 4 is 16.2 Å². The maximum Gasteiger partial charge on any atom is 0.407 e. The van der Waals surface area contributed by atoms with Crippen LogP contribution in [0.1, 0.15) is 31.9 Å². The van der Waals surface area contributed by atoms with Crippen LogP contribution in [0.25, 0.3) is 0 Å². The Labute approximate surface area is 178 Å². The number of carbonyl (C=O) groups is 1. The molecular formula is C22H29NO6S. The molecule has 8 heteroatoms. The molecule has 0 radical (unpaired) electrons. The van der Waals surface area contributed by atoms with Gasteiger partial charge in [-0.2, -0.15) is 8.42 Å². The van der Waals surface area contributed by atoms with Gasteiger partial charge in [0.15, 0.2) is 0 Å². The second-order valence-corrected chi connectivity index (χ2v) is 9.49. The highest BCUT2D eigenvalue weighted by atomic mass is 32.2. The van der Waals surface area contributed by atoms with Crippen molar-refractivity contribution in [3.63, 3.8) is 0 Å². The van der Waals surface area contributed by atoms with Crippen molar-refractivity contribution in [2.75, 3.05) is 13.7 Å². The summed E-state index contributed by atoms with van der Waals surface area (Å²) in [6.07, 6.45) is -1.19. The van der Waals surface area contributed by atoms with Crippen LogP contribution < -0.4 is 10.1 Å². The number of ether oxygens (including phenoxy) is 2. The van der Waals surface area contributed by atoms with Gasteiger partial charge in [-0.25, -0.2) is 4.79 Å². The fourth-order valence-corrected chi connectivity index (χ4v) is 3.69. The Morgan fingerprint density at radius 1 is 1.03 bits per heavy atom. The first-order valence-electron chi connectivity index (χ1n) is 9.58. The molecule has 1 N–H and O–H groups in total. The predicted octanol–water partition coefficient (Wildman–Crippen LogP) is 3.84. The van der Waals surface area contributed by atoms with Crippen LogP contribution in [-0.2, 0) is 25.5 Å². The smallest absolute Gasteiger partial charge is 0.407 e. The van der Waals surface area contributed by atoms with E-state index in [0.717, 1.165) is 11.1 Å². The minimum absolute atomic E-state index is 0.0357. The summed E-state index contributed by atoms with van der Waals surface area (Å²) >= 11 is 0. The number of methoxy groups -OCH3 is 1. The van der Waals surface area contributed by atoms with Gasteiger partial charge in [-0.15, -0.1) is 0 Å². The van der Waals surface area contributed by atoms with Crippen LogP contribution in [0, 0.1) is 6.92 Å². The van der Waals surface area contributed by atoms with Crippen LogP contribution in [0.2, 0.25) is 0 Å². The normalized spacial score (nSPS) is 12.8. The fraction of sp³-hybridized carbons (Fsp3) is 0.409. The molecule has 0 aliphatic heterocycles. The zero-order chi connectivity index (χ0) is 22.4. The van der Waals surface area contributed by atoms with Gasteiger partial charge in [0, 0.05) is 13.0 Å². The SMILES string of the molecule is COc1ccc(C[C@@H](CNC(=O)OC(C)(C)C)OS(=O)(=O)c2ccc(C)cc2)cc1. The summed E-state index contributed by atoms with van der Waals surface area (Å²) in [6, 6.07) is 13.6. The van der Waals surface area contributed by atoms with E-state index >= 15 is 0 Å². The second kappa shape index (κ2) is 9.95. The zero-order valence-corrected chi connectivity index (χ0v) is 18.8. The van der Waals surface area contributed by atoms with Crippen LogP contribution in [0.15, 0.2) is 53.4 Å². The fourth-order valence-electron chi connectivity index (χ4n) is 2.62. The topological polar surface area (TPSA) is 90.9 Å². The quantitative estimate of drug-likeness (QED) is 0.634. The number of rotatable bonds is 8. The van der Waals surface area contributed by atoms with E-state index in [1.165, 1.54) is 12.1 Å². The lowest BCUT2D eigenvalue weighted by Gasteiger charge is -2.22. The molecule has 164 valence electrons. The van der Waals surface area contributed by atoms with Crippen molar-refractivity contribution in [2.24, 2.45) is 0 Å². The standard InChI is InChI=1S/C22H29NO6S/c1-16-6-12-20(13-7-16)30(25,26)29-19(15-23-21(24)28-22(2,3)4)14-17-8-10-18(27-5)11-9-17/h6-13,19H,14-15H2,1-5H3,(H,23,24)/t19-/m0/s1. The summed E-state index contributed by atoms with van der Waals surface area (Å²) in [5.41, 5.74) is 1.12. The highest BCUT2D eigenvalue weighted by Gasteiger charge is 2.24. The van der Waals surface area contributed by atoms with E-state index < -0.39 is 27.9 Å². The average molecular weight is 436 g/mol. The molecule has 2 aromatic carbocycles. The maximum atomic E-state index is 12.7. The number of alkyl carbamates (subject to hydrolysis) is 1. The maximum absolute atomic E-state index is 12.7. The molecule has 0 aliphatic rings. The second-order valence-electron chi connectivity index (χ2n) is 7.92. The van der Waals surface area contributed by atoms with Crippen LogP contribution in [-0.4, -0.2) is 39.9 Å². The molecule has 0 aromatic heterocycles. The van der Waals surface area contributed by atoms with E-state index in [1.54, 1.807) is 52.1 Å². The summed E-state index contributed by atoms with van der Waals surface area (Å²) in [7, 11) is -2.44. The third-order valence-corrected chi connectivity index (χ3v) is 5.44. The average Bonchev–Trinajstić information content (AvgIpc) is 2.65. The first kappa shape index (κ1) is 23.7. The lowest BCUT2D eigenvalue weighted by molar-refractivity contribution is 0.0501. The Morgan fingerprint density at radius 3 is 2.17 bits per heavy atom. The lowest BCUT2D eigenvalue weighted by atomic mass is 10.1. The van der Waals surface area contributed by atoms with E-state index in [4.69, 9.17) is 13.7 Å². The highest BCUT2D eigenvalue weighted by Crippen LogP contribution is 2.19. The number of hydrogen-bond acceptors (Lipinski definition) is 6. The summed E-state index contributed by atoms with van der Waals surface area (Å²) in [5.74, 6) is 0.690. The van der Waals surface area contributed by atoms with Crippen LogP contribution in [0.5, 0.6) is 5.75 Å². The van der Waals surface area contributed by atoms with Gasteiger partial charge in [0.2, 0.25) is 0 Å². The summed E-state index contributed by atoms with van der Waals surface area (Å²) in [6.45, 7) is 7.08. The van der Waals surface area contributed by atoms with Crippen molar-refractivity contribution in [1.29, 1.82) is 0 Å². The van der Waals surface area contributed by atoms with Gasteiger partial charge in [-0.05, 0) is 57.5 Å². The first-order chi connectivity index (χ1) is 14.0. The molecule has 2 rings (SSSR count). The van der Waals surface area contributed by atoms with Gasteiger partial charge in [0.1, 0.15) is 11.4 Å². The molecule has 30 heavy (non-hydrogen) atoms. The first-order valence-corrected chi connectivity index (χ1v) is 11.0. The Balaban J connectivity index is 2.16. The monoisotopic (exact) mass is 435 g/mol. The number of amides is 1. The summed E-state index contributed by atoms with van der Waals surface area (Å²) in [4.78, 5) is 12.1. The van der Waals surface area contributed by atoms with Crippen molar-refractivity contribution < 1.29 is 26.9 Å². The molecule has 0 aliphatic carbocycles. The van der Waals surface area contributed by atoms with Crippen LogP contribution >= 0.6 is 0 Å². The van der Waals surface area contributed by atoms with E-state index in [-0.39, 0.29) is 17.9 Å². The largest absolute Gasteiger partial charge is 0.497 e. The van der Waals surface area contributed by atoms with Crippen LogP contribution in [0.4, 0.5) is 4.79 Å². The van der Waals surface area contributed by atoms with Crippen LogP contribution in [0.3, 0.4) is 0 Å². The molecule has 2 aromatic rings. The summed E-state index contributed by atoms with van der Waals surface area (Å²) < 4.78 is 41.3. The molecule has 1 atom stereocenters. The zero-order valence-electron chi connectivity index (χ0n) is 18.0. The van der Waals surface area contributed by atoms with E-state index in [9.17, 15) is 13.2 Å². The third kappa shape index (κ3) is 7.68. The molecule has 0 bridgehead atoms. The van der Waals surface area contributed by atoms with Gasteiger partial charge in [-0.1, -0.05) is 29.8 Å². The Morgan fingerprint density at radius 2 is 1.63 bits per heavy atom.